The van der Waals surface area contributed by atoms with Crippen molar-refractivity contribution >= 4 is 30.0 Å². The van der Waals surface area contributed by atoms with Gasteiger partial charge in [-0.25, -0.2) is 0 Å². The molecule has 0 radical (unpaired) electrons. The first kappa shape index (κ1) is 38.3. The number of carboxylic acid groups (broad SMARTS) is 1. The van der Waals surface area contributed by atoms with E-state index in [1.807, 2.05) is 0 Å². The van der Waals surface area contributed by atoms with Crippen molar-refractivity contribution < 1.29 is 19.2 Å². The molecule has 0 aromatic carbocycles. The molecule has 3 aliphatic carbocycles. The summed E-state index contributed by atoms with van der Waals surface area (Å²) < 4.78 is 7.65. The van der Waals surface area contributed by atoms with Crippen molar-refractivity contribution in [1.82, 2.24) is 0 Å². The Kier molecular flexibility index (Phi) is 9.23. The Labute approximate surface area is 307 Å². The zero-order chi connectivity index (χ0) is 37.1. The van der Waals surface area contributed by atoms with Crippen LogP contribution in [0.5, 0.6) is 0 Å². The maximum absolute atomic E-state index is 12.6. The third kappa shape index (κ3) is 5.19. The first-order chi connectivity index (χ1) is 23.0. The summed E-state index contributed by atoms with van der Waals surface area (Å²) >= 11 is 2.13. The van der Waals surface area contributed by atoms with Crippen molar-refractivity contribution in [3.63, 3.8) is 0 Å². The van der Waals surface area contributed by atoms with Crippen LogP contribution in [0.4, 0.5) is 0 Å². The zero-order valence-electron chi connectivity index (χ0n) is 33.4. The summed E-state index contributed by atoms with van der Waals surface area (Å²) in [6.45, 7) is 29.3. The second-order valence-electron chi connectivity index (χ2n) is 20.5. The molecular weight excluding hydrogens is 643 g/mol. The Hall–Kier alpha value is -1.42. The van der Waals surface area contributed by atoms with Gasteiger partial charge in [-0.2, -0.15) is 16.8 Å². The number of aliphatic carboxylic acids is 1. The third-order valence-corrected chi connectivity index (χ3v) is 18.6. The molecule has 4 fully saturated rings. The number of hydrogen-bond acceptors (Lipinski definition) is 7. The van der Waals surface area contributed by atoms with E-state index >= 15 is 0 Å². The van der Waals surface area contributed by atoms with Crippen molar-refractivity contribution in [3.8, 4) is 0 Å². The molecule has 0 amide bonds. The van der Waals surface area contributed by atoms with Crippen molar-refractivity contribution in [3.05, 3.63) is 11.6 Å². The van der Waals surface area contributed by atoms with Gasteiger partial charge in [-0.1, -0.05) is 92.9 Å². The van der Waals surface area contributed by atoms with Gasteiger partial charge in [0.05, 0.1) is 13.0 Å². The monoisotopic (exact) mass is 713 g/mol. The number of nitrogens with zero attached hydrogens (tertiary/aromatic N) is 3. The van der Waals surface area contributed by atoms with E-state index in [0.717, 1.165) is 50.8 Å². The number of allylic oxidation sites excluding steroid dienone is 2. The van der Waals surface area contributed by atoms with E-state index in [9.17, 15) is 9.90 Å². The molecule has 50 heavy (non-hydrogen) atoms. The summed E-state index contributed by atoms with van der Waals surface area (Å²) in [6, 6.07) is 0. The molecule has 8 nitrogen and oxygen atoms in total. The lowest BCUT2D eigenvalue weighted by molar-refractivity contribution is -0.749. The van der Waals surface area contributed by atoms with Gasteiger partial charge in [0, 0.05) is 33.8 Å². The lowest BCUT2D eigenvalue weighted by Crippen LogP contribution is -2.72. The van der Waals surface area contributed by atoms with Crippen LogP contribution in [0.15, 0.2) is 21.7 Å². The highest BCUT2D eigenvalue weighted by atomic mass is 32.2. The van der Waals surface area contributed by atoms with E-state index in [1.165, 1.54) is 0 Å². The van der Waals surface area contributed by atoms with Crippen LogP contribution in [0, 0.1) is 56.7 Å². The predicted octanol–water partition coefficient (Wildman–Crippen LogP) is 8.06. The standard InChI is InChI=1S/C41H69N5O3S/c1-25(2)27(4)26(3)15-18-38(11)29-13-14-31-37(10)23-50-28(5)41(31,30(29)16-17-36(38,9)19-32(47)48)20-40(21-46(40)34(42)44-24-45-46)33(37)49-22-39(12,43)35(6,7)8/h16,24-29,31,33H,13-15,17-23,43H2,1-12H3,(H2-,42,44,45,47,48)/p+1. The Balaban J connectivity index is 1.46. The number of carbonyl (C=O) groups is 1. The number of aliphatic imine (C=N–C) groups is 1. The Morgan fingerprint density at radius 2 is 1.84 bits per heavy atom. The van der Waals surface area contributed by atoms with Crippen LogP contribution in [0.3, 0.4) is 0 Å². The number of thioether (sulfide) groups is 1. The summed E-state index contributed by atoms with van der Waals surface area (Å²) in [7, 11) is 0. The Bertz CT molecular complexity index is 1470. The SMILES string of the molecule is CC(C)C(C)C(C)CCC1(C)C2CCC3C4(C)CSC(C)C3(CC3(C[N+]35N=CN=C5N)C4OCC(C)(N)C(C)(C)C)C2=CCC1(C)CC(=O)O. The van der Waals surface area contributed by atoms with Gasteiger partial charge in [-0.15, -0.1) is 4.59 Å². The average molecular weight is 713 g/mol. The van der Waals surface area contributed by atoms with Crippen molar-refractivity contribution in [2.24, 2.45) is 78.2 Å². The molecule has 13 unspecified atom stereocenters. The molecule has 2 saturated heterocycles. The molecule has 3 heterocycles. The van der Waals surface area contributed by atoms with Crippen LogP contribution >= 0.6 is 11.8 Å². The smallest absolute Gasteiger partial charge is 0.329 e. The van der Waals surface area contributed by atoms with Crippen LogP contribution in [0.25, 0.3) is 0 Å². The molecule has 0 aromatic rings. The summed E-state index contributed by atoms with van der Waals surface area (Å²) in [5, 5.41) is 15.8. The fourth-order valence-corrected chi connectivity index (χ4v) is 13.7. The van der Waals surface area contributed by atoms with Crippen molar-refractivity contribution in [1.29, 1.82) is 0 Å². The molecule has 2 spiro atoms. The molecule has 2 bridgehead atoms. The fraction of sp³-hybridized carbons (Fsp3) is 0.878. The van der Waals surface area contributed by atoms with Crippen LogP contribution in [0.2, 0.25) is 0 Å². The first-order valence-electron chi connectivity index (χ1n) is 19.7. The molecule has 6 aliphatic rings. The van der Waals surface area contributed by atoms with Gasteiger partial charge in [0.1, 0.15) is 6.10 Å². The second kappa shape index (κ2) is 12.0. The van der Waals surface area contributed by atoms with Gasteiger partial charge in [-0.3, -0.25) is 4.79 Å². The van der Waals surface area contributed by atoms with E-state index in [0.29, 0.717) is 52.0 Å². The van der Waals surface area contributed by atoms with Crippen LogP contribution < -0.4 is 11.5 Å². The van der Waals surface area contributed by atoms with Crippen LogP contribution in [-0.2, 0) is 9.53 Å². The van der Waals surface area contributed by atoms with E-state index in [1.54, 1.807) is 11.9 Å². The van der Waals surface area contributed by atoms with Gasteiger partial charge in [0.25, 0.3) is 0 Å². The summed E-state index contributed by atoms with van der Waals surface area (Å²) in [4.78, 5) is 17.1. The summed E-state index contributed by atoms with van der Waals surface area (Å²) in [5.74, 6) is 3.56. The second-order valence-corrected chi connectivity index (χ2v) is 21.8. The number of nitrogens with two attached hydrogens (primary N) is 2. The minimum Gasteiger partial charge on any atom is -0.481 e. The maximum Gasteiger partial charge on any atom is 0.329 e. The van der Waals surface area contributed by atoms with E-state index in [2.05, 4.69) is 106 Å². The largest absolute Gasteiger partial charge is 0.481 e. The molecule has 5 N–H and O–H groups in total. The van der Waals surface area contributed by atoms with Gasteiger partial charge in [-0.05, 0) is 84.9 Å². The van der Waals surface area contributed by atoms with Crippen molar-refractivity contribution in [2.45, 2.75) is 150 Å². The minimum absolute atomic E-state index is 0.0563. The molecule has 2 saturated carbocycles. The van der Waals surface area contributed by atoms with E-state index in [4.69, 9.17) is 21.3 Å². The van der Waals surface area contributed by atoms with Gasteiger partial charge < -0.3 is 21.3 Å². The number of carboxylic acids is 1. The van der Waals surface area contributed by atoms with Crippen LogP contribution in [0.1, 0.15) is 128 Å². The number of hydrogen-bond donors (Lipinski definition) is 3. The highest BCUT2D eigenvalue weighted by Crippen LogP contribution is 2.78. The van der Waals surface area contributed by atoms with Gasteiger partial charge in [0.15, 0.2) is 12.9 Å². The average Bonchev–Trinajstić information content (AvgIpc) is 3.48. The number of quaternary nitrogens is 1. The third-order valence-electron chi connectivity index (χ3n) is 16.9. The zero-order valence-corrected chi connectivity index (χ0v) is 34.3. The van der Waals surface area contributed by atoms with Crippen molar-refractivity contribution in [2.75, 3.05) is 18.9 Å². The molecule has 282 valence electrons. The minimum atomic E-state index is -0.676. The van der Waals surface area contributed by atoms with E-state index < -0.39 is 11.5 Å². The number of rotatable bonds is 10. The van der Waals surface area contributed by atoms with Gasteiger partial charge in [0.2, 0.25) is 5.54 Å². The number of ether oxygens (including phenoxy) is 1. The Morgan fingerprint density at radius 1 is 1.16 bits per heavy atom. The molecule has 9 heteroatoms. The van der Waals surface area contributed by atoms with Crippen LogP contribution in [-0.4, -0.2) is 69.3 Å². The van der Waals surface area contributed by atoms with E-state index in [-0.39, 0.29) is 45.1 Å². The summed E-state index contributed by atoms with van der Waals surface area (Å²) in [6.07, 6.45) is 10.6. The summed E-state index contributed by atoms with van der Waals surface area (Å²) in [5.41, 5.74) is 13.9. The molecular formula is C41H70N5O3S+. The predicted molar refractivity (Wildman–Crippen MR) is 207 cm³/mol. The Morgan fingerprint density at radius 3 is 2.42 bits per heavy atom. The normalized spacial score (nSPS) is 45.8. The molecule has 13 atom stereocenters. The molecule has 6 rings (SSSR count). The lowest BCUT2D eigenvalue weighted by atomic mass is 9.38. The highest BCUT2D eigenvalue weighted by Gasteiger charge is 2.88. The lowest BCUT2D eigenvalue weighted by Gasteiger charge is -2.70. The van der Waals surface area contributed by atoms with Gasteiger partial charge >= 0.3 is 11.9 Å². The maximum atomic E-state index is 12.6. The molecule has 3 aliphatic heterocycles. The number of guanidine groups is 1. The highest BCUT2D eigenvalue weighted by molar-refractivity contribution is 8.00. The first-order valence-corrected chi connectivity index (χ1v) is 20.7. The fourth-order valence-electron chi connectivity index (χ4n) is 12.1. The topological polar surface area (TPSA) is 123 Å². The quantitative estimate of drug-likeness (QED) is 0.120. The molecule has 0 aromatic heterocycles. The number of fused-ring (bicyclic) bond motifs is 2.